The van der Waals surface area contributed by atoms with Crippen molar-refractivity contribution in [2.45, 2.75) is 44.8 Å². The third-order valence-electron chi connectivity index (χ3n) is 5.39. The monoisotopic (exact) mass is 548 g/mol. The van der Waals surface area contributed by atoms with Crippen LogP contribution in [0.4, 0.5) is 36.8 Å². The molecule has 2 amide bonds. The fraction of sp³-hybridized carbons (Fsp3) is 0.478. The van der Waals surface area contributed by atoms with Crippen molar-refractivity contribution in [3.05, 3.63) is 53.6 Å². The number of hydrazine groups is 1. The highest BCUT2D eigenvalue weighted by molar-refractivity contribution is 5.84. The summed E-state index contributed by atoms with van der Waals surface area (Å²) in [4.78, 5) is 36.5. The fourth-order valence-electron chi connectivity index (χ4n) is 3.70. The van der Waals surface area contributed by atoms with Crippen LogP contribution in [0, 0.1) is 0 Å². The van der Waals surface area contributed by atoms with Gasteiger partial charge in [0.2, 0.25) is 0 Å². The molecule has 1 atom stereocenters. The third kappa shape index (κ3) is 7.69. The molecule has 208 valence electrons. The van der Waals surface area contributed by atoms with Crippen LogP contribution in [0.2, 0.25) is 0 Å². The number of carbonyl (C=O) groups is 2. The van der Waals surface area contributed by atoms with Gasteiger partial charge < -0.3 is 9.64 Å². The number of amides is 2. The molecule has 2 N–H and O–H groups in total. The van der Waals surface area contributed by atoms with E-state index in [4.69, 9.17) is 4.74 Å². The number of alkyl halides is 6. The molecule has 15 heteroatoms. The molecular formula is C23H26F6N6O3. The summed E-state index contributed by atoms with van der Waals surface area (Å²) < 4.78 is 84.4. The molecule has 2 heterocycles. The lowest BCUT2D eigenvalue weighted by Crippen LogP contribution is -2.53. The summed E-state index contributed by atoms with van der Waals surface area (Å²) in [6.45, 7) is 6.04. The van der Waals surface area contributed by atoms with Gasteiger partial charge in [-0.25, -0.2) is 14.8 Å². The van der Waals surface area contributed by atoms with Gasteiger partial charge in [0.1, 0.15) is 18.0 Å². The predicted octanol–water partition coefficient (Wildman–Crippen LogP) is 4.25. The average molecular weight is 548 g/mol. The summed E-state index contributed by atoms with van der Waals surface area (Å²) in [5.41, 5.74) is 0.310. The molecule has 1 unspecified atom stereocenters. The summed E-state index contributed by atoms with van der Waals surface area (Å²) in [7, 11) is 0. The highest BCUT2D eigenvalue weighted by atomic mass is 19.4. The maximum Gasteiger partial charge on any atom is 0.416 e. The van der Waals surface area contributed by atoms with Crippen molar-refractivity contribution in [3.8, 4) is 0 Å². The molecule has 1 aromatic carbocycles. The second-order valence-electron chi connectivity index (χ2n) is 9.49. The number of piperazine rings is 1. The maximum atomic E-state index is 13.2. The number of anilines is 1. The first-order valence-corrected chi connectivity index (χ1v) is 11.4. The molecule has 2 aromatic rings. The summed E-state index contributed by atoms with van der Waals surface area (Å²) in [6.07, 6.45) is -6.64. The predicted molar refractivity (Wildman–Crippen MR) is 122 cm³/mol. The van der Waals surface area contributed by atoms with Gasteiger partial charge in [0.25, 0.3) is 5.91 Å². The lowest BCUT2D eigenvalue weighted by molar-refractivity contribution is -0.143. The average Bonchev–Trinajstić information content (AvgIpc) is 2.81. The Kier molecular flexibility index (Phi) is 8.39. The van der Waals surface area contributed by atoms with Gasteiger partial charge >= 0.3 is 18.4 Å². The van der Waals surface area contributed by atoms with Crippen molar-refractivity contribution in [3.63, 3.8) is 0 Å². The quantitative estimate of drug-likeness (QED) is 0.426. The normalized spacial score (nSPS) is 16.1. The highest BCUT2D eigenvalue weighted by Crippen LogP contribution is 2.37. The van der Waals surface area contributed by atoms with E-state index in [1.807, 2.05) is 0 Å². The minimum absolute atomic E-state index is 0.0126. The molecule has 38 heavy (non-hydrogen) atoms. The van der Waals surface area contributed by atoms with Gasteiger partial charge in [0, 0.05) is 44.1 Å². The number of rotatable bonds is 5. The van der Waals surface area contributed by atoms with Crippen molar-refractivity contribution < 1.29 is 40.7 Å². The van der Waals surface area contributed by atoms with Gasteiger partial charge in [-0.05, 0) is 39.0 Å². The van der Waals surface area contributed by atoms with E-state index in [1.54, 1.807) is 25.7 Å². The molecule has 1 fully saturated rings. The number of nitrogens with one attached hydrogen (secondary N) is 2. The van der Waals surface area contributed by atoms with Gasteiger partial charge in [-0.1, -0.05) is 0 Å². The van der Waals surface area contributed by atoms with Crippen LogP contribution in [0.25, 0.3) is 0 Å². The van der Waals surface area contributed by atoms with Crippen LogP contribution in [0.5, 0.6) is 0 Å². The topological polar surface area (TPSA) is 99.7 Å². The van der Waals surface area contributed by atoms with Gasteiger partial charge in [0.15, 0.2) is 0 Å². The lowest BCUT2D eigenvalue weighted by atomic mass is 10.1. The Bertz CT molecular complexity index is 1100. The van der Waals surface area contributed by atoms with Crippen LogP contribution >= 0.6 is 0 Å². The van der Waals surface area contributed by atoms with Crippen molar-refractivity contribution in [1.29, 1.82) is 0 Å². The van der Waals surface area contributed by atoms with E-state index in [1.165, 1.54) is 23.6 Å². The molecule has 1 aliphatic rings. The zero-order valence-corrected chi connectivity index (χ0v) is 20.7. The lowest BCUT2D eigenvalue weighted by Gasteiger charge is -2.38. The number of halogens is 6. The van der Waals surface area contributed by atoms with Crippen LogP contribution < -0.4 is 10.9 Å². The second-order valence-corrected chi connectivity index (χ2v) is 9.49. The second kappa shape index (κ2) is 11.0. The first kappa shape index (κ1) is 28.9. The van der Waals surface area contributed by atoms with Crippen LogP contribution in [0.1, 0.15) is 43.5 Å². The van der Waals surface area contributed by atoms with E-state index >= 15 is 0 Å². The van der Waals surface area contributed by atoms with Gasteiger partial charge in [0.05, 0.1) is 16.8 Å². The van der Waals surface area contributed by atoms with E-state index in [9.17, 15) is 35.9 Å². The Morgan fingerprint density at radius 2 is 1.42 bits per heavy atom. The summed E-state index contributed by atoms with van der Waals surface area (Å²) in [6, 6.07) is -0.162. The summed E-state index contributed by atoms with van der Waals surface area (Å²) >= 11 is 0. The van der Waals surface area contributed by atoms with Crippen LogP contribution in [0.3, 0.4) is 0 Å². The zero-order chi connectivity index (χ0) is 28.3. The molecule has 0 spiro atoms. The van der Waals surface area contributed by atoms with E-state index in [2.05, 4.69) is 20.8 Å². The largest absolute Gasteiger partial charge is 0.444 e. The molecule has 1 aromatic heterocycles. The van der Waals surface area contributed by atoms with E-state index < -0.39 is 52.8 Å². The van der Waals surface area contributed by atoms with Gasteiger partial charge in [-0.15, -0.1) is 0 Å². The molecule has 0 aliphatic carbocycles. The van der Waals surface area contributed by atoms with Crippen LogP contribution in [-0.2, 0) is 21.9 Å². The summed E-state index contributed by atoms with van der Waals surface area (Å²) in [5.74, 6) is -0.781. The van der Waals surface area contributed by atoms with Crippen molar-refractivity contribution >= 4 is 17.7 Å². The highest BCUT2D eigenvalue weighted by Gasteiger charge is 2.37. The molecule has 3 rings (SSSR count). The van der Waals surface area contributed by atoms with Crippen molar-refractivity contribution in [2.75, 3.05) is 31.6 Å². The molecule has 0 saturated carbocycles. The minimum Gasteiger partial charge on any atom is -0.444 e. The molecule has 0 radical (unpaired) electrons. The third-order valence-corrected chi connectivity index (χ3v) is 5.39. The Hall–Kier alpha value is -3.62. The number of hydrogen-bond donors (Lipinski definition) is 2. The first-order chi connectivity index (χ1) is 17.5. The maximum absolute atomic E-state index is 13.2. The van der Waals surface area contributed by atoms with E-state index in [0.717, 1.165) is 0 Å². The minimum atomic E-state index is -5.04. The number of ether oxygens (including phenoxy) is 1. The molecular weight excluding hydrogens is 522 g/mol. The van der Waals surface area contributed by atoms with E-state index in [0.29, 0.717) is 17.7 Å². The molecule has 9 nitrogen and oxygen atoms in total. The SMILES string of the molecule is CC(C)(C)OC(=O)N1CCN(C(C(=O)NNc2cc(C(F)(F)F)cc(C(F)(F)F)c2)c2cncnc2)CC1. The Morgan fingerprint density at radius 3 is 1.89 bits per heavy atom. The Labute approximate surface area is 214 Å². The van der Waals surface area contributed by atoms with Crippen molar-refractivity contribution in [1.82, 2.24) is 25.2 Å². The zero-order valence-electron chi connectivity index (χ0n) is 20.7. The molecule has 1 saturated heterocycles. The summed E-state index contributed by atoms with van der Waals surface area (Å²) in [5, 5.41) is 0. The standard InChI is InChI=1S/C23H26F6N6O3/c1-21(2,3)38-20(37)35-6-4-34(5-7-35)18(14-11-30-13-31-12-14)19(36)33-32-17-9-15(22(24,25)26)8-16(10-17)23(27,28)29/h8-13,18,32H,4-7H2,1-3H3,(H,33,36). The number of benzene rings is 1. The number of aromatic nitrogens is 2. The first-order valence-electron chi connectivity index (χ1n) is 11.4. The smallest absolute Gasteiger partial charge is 0.416 e. The number of carbonyl (C=O) groups excluding carboxylic acids is 2. The Balaban J connectivity index is 1.77. The van der Waals surface area contributed by atoms with Crippen molar-refractivity contribution in [2.24, 2.45) is 0 Å². The number of hydrogen-bond acceptors (Lipinski definition) is 7. The number of nitrogens with zero attached hydrogens (tertiary/aromatic N) is 4. The van der Waals surface area contributed by atoms with Crippen LogP contribution in [0.15, 0.2) is 36.9 Å². The van der Waals surface area contributed by atoms with Crippen LogP contribution in [-0.4, -0.2) is 63.5 Å². The molecule has 1 aliphatic heterocycles. The van der Waals surface area contributed by atoms with E-state index in [-0.39, 0.29) is 32.2 Å². The van der Waals surface area contributed by atoms with Gasteiger partial charge in [-0.3, -0.25) is 20.5 Å². The fourth-order valence-corrected chi connectivity index (χ4v) is 3.70. The Morgan fingerprint density at radius 1 is 0.895 bits per heavy atom. The van der Waals surface area contributed by atoms with Gasteiger partial charge in [-0.2, -0.15) is 26.3 Å². The molecule has 0 bridgehead atoms.